The summed E-state index contributed by atoms with van der Waals surface area (Å²) >= 11 is 3.39. The fourth-order valence-corrected chi connectivity index (χ4v) is 3.22. The molecule has 3 N–H and O–H groups in total. The summed E-state index contributed by atoms with van der Waals surface area (Å²) in [5.74, 6) is -0.281. The Morgan fingerprint density at radius 2 is 1.68 bits per heavy atom. The highest BCUT2D eigenvalue weighted by molar-refractivity contribution is 9.10. The van der Waals surface area contributed by atoms with Crippen molar-refractivity contribution in [3.05, 3.63) is 81.8 Å². The molecule has 7 nitrogen and oxygen atoms in total. The first-order valence-electron chi connectivity index (χ1n) is 9.54. The molecule has 0 unspecified atom stereocenters. The van der Waals surface area contributed by atoms with Crippen LogP contribution in [0, 0.1) is 13.8 Å². The van der Waals surface area contributed by atoms with Gasteiger partial charge in [-0.1, -0.05) is 40.2 Å². The lowest BCUT2D eigenvalue weighted by Gasteiger charge is -2.11. The molecule has 8 heteroatoms. The summed E-state index contributed by atoms with van der Waals surface area (Å²) < 4.78 is 0.908. The Morgan fingerprint density at radius 3 is 2.39 bits per heavy atom. The number of benzene rings is 3. The molecule has 0 aromatic heterocycles. The van der Waals surface area contributed by atoms with Gasteiger partial charge < -0.3 is 10.4 Å². The average Bonchev–Trinajstić information content (AvgIpc) is 2.74. The number of aromatic hydroxyl groups is 1. The molecule has 0 saturated heterocycles. The number of carbonyl (C=O) groups is 1. The van der Waals surface area contributed by atoms with Crippen LogP contribution in [0.5, 0.6) is 5.75 Å². The fraction of sp³-hybridized carbons (Fsp3) is 0.130. The molecule has 0 spiro atoms. The molecule has 0 heterocycles. The summed E-state index contributed by atoms with van der Waals surface area (Å²) in [7, 11) is 0. The number of amides is 1. The van der Waals surface area contributed by atoms with Crippen molar-refractivity contribution in [2.75, 3.05) is 11.9 Å². The second-order valence-electron chi connectivity index (χ2n) is 6.84. The molecule has 0 fully saturated rings. The Kier molecular flexibility index (Phi) is 7.50. The van der Waals surface area contributed by atoms with Crippen LogP contribution in [0.25, 0.3) is 0 Å². The number of phenols is 1. The lowest BCUT2D eigenvalue weighted by Crippen LogP contribution is -2.26. The summed E-state index contributed by atoms with van der Waals surface area (Å²) in [4.78, 5) is 12.1. The van der Waals surface area contributed by atoms with Gasteiger partial charge in [0, 0.05) is 15.7 Å². The molecule has 0 aliphatic rings. The highest BCUT2D eigenvalue weighted by Crippen LogP contribution is 2.25. The molecule has 158 valence electrons. The molecule has 0 atom stereocenters. The molecule has 0 aliphatic carbocycles. The molecule has 1 amide bonds. The standard InChI is InChI=1S/C23H22BrN5O2/c1-15-5-3-6-16(2)23(15)25-14-22(31)29-26-13-17-11-20(9-10-21(17)30)28-27-19-8-4-7-18(24)12-19/h3-13,25,30H,14H2,1-2H3,(H,29,31)/b26-13-,28-27?. The van der Waals surface area contributed by atoms with E-state index < -0.39 is 0 Å². The monoisotopic (exact) mass is 479 g/mol. The van der Waals surface area contributed by atoms with Gasteiger partial charge in [0.1, 0.15) is 5.75 Å². The van der Waals surface area contributed by atoms with E-state index in [1.165, 1.54) is 12.3 Å². The van der Waals surface area contributed by atoms with Crippen molar-refractivity contribution in [1.29, 1.82) is 0 Å². The second kappa shape index (κ2) is 10.5. The molecular weight excluding hydrogens is 458 g/mol. The van der Waals surface area contributed by atoms with Crippen LogP contribution in [0.1, 0.15) is 16.7 Å². The number of halogens is 1. The van der Waals surface area contributed by atoms with Gasteiger partial charge in [-0.05, 0) is 61.4 Å². The van der Waals surface area contributed by atoms with Gasteiger partial charge in [0.05, 0.1) is 24.1 Å². The van der Waals surface area contributed by atoms with Crippen LogP contribution in [0.3, 0.4) is 0 Å². The van der Waals surface area contributed by atoms with Crippen LogP contribution >= 0.6 is 15.9 Å². The van der Waals surface area contributed by atoms with E-state index in [2.05, 4.69) is 42.0 Å². The Bertz CT molecular complexity index is 1120. The first-order chi connectivity index (χ1) is 14.9. The van der Waals surface area contributed by atoms with Crippen molar-refractivity contribution in [3.63, 3.8) is 0 Å². The number of hydrazone groups is 1. The maximum atomic E-state index is 12.1. The van der Waals surface area contributed by atoms with Gasteiger partial charge in [-0.25, -0.2) is 5.43 Å². The zero-order valence-corrected chi connectivity index (χ0v) is 18.7. The SMILES string of the molecule is Cc1cccc(C)c1NCC(=O)N/N=C\c1cc(N=Nc2cccc(Br)c2)ccc1O. The Balaban J connectivity index is 1.60. The van der Waals surface area contributed by atoms with Gasteiger partial charge in [0.2, 0.25) is 0 Å². The summed E-state index contributed by atoms with van der Waals surface area (Å²) in [6.45, 7) is 4.04. The molecule has 3 rings (SSSR count). The largest absolute Gasteiger partial charge is 0.507 e. The van der Waals surface area contributed by atoms with Crippen LogP contribution in [-0.4, -0.2) is 23.8 Å². The van der Waals surface area contributed by atoms with E-state index in [0.717, 1.165) is 21.3 Å². The normalized spacial score (nSPS) is 11.2. The number of hydrogen-bond acceptors (Lipinski definition) is 6. The predicted octanol–water partition coefficient (Wildman–Crippen LogP) is 5.75. The lowest BCUT2D eigenvalue weighted by molar-refractivity contribution is -0.119. The van der Waals surface area contributed by atoms with Gasteiger partial charge in [0.15, 0.2) is 0 Å². The van der Waals surface area contributed by atoms with Crippen molar-refractivity contribution >= 4 is 45.1 Å². The van der Waals surface area contributed by atoms with E-state index >= 15 is 0 Å². The summed E-state index contributed by atoms with van der Waals surface area (Å²) in [6, 6.07) is 18.1. The van der Waals surface area contributed by atoms with E-state index in [1.54, 1.807) is 12.1 Å². The third-order valence-corrected chi connectivity index (χ3v) is 4.89. The molecular formula is C23H22BrN5O2. The van der Waals surface area contributed by atoms with E-state index in [-0.39, 0.29) is 18.2 Å². The third-order valence-electron chi connectivity index (χ3n) is 4.40. The highest BCUT2D eigenvalue weighted by atomic mass is 79.9. The van der Waals surface area contributed by atoms with E-state index in [4.69, 9.17) is 0 Å². The number of nitrogens with one attached hydrogen (secondary N) is 2. The van der Waals surface area contributed by atoms with E-state index in [1.807, 2.05) is 56.3 Å². The number of rotatable bonds is 7. The minimum absolute atomic E-state index is 0.0214. The number of aryl methyl sites for hydroxylation is 2. The van der Waals surface area contributed by atoms with Crippen molar-refractivity contribution in [2.24, 2.45) is 15.3 Å². The highest BCUT2D eigenvalue weighted by Gasteiger charge is 2.05. The van der Waals surface area contributed by atoms with E-state index in [0.29, 0.717) is 16.9 Å². The van der Waals surface area contributed by atoms with Crippen molar-refractivity contribution in [1.82, 2.24) is 5.43 Å². The molecule has 0 radical (unpaired) electrons. The Morgan fingerprint density at radius 1 is 1.00 bits per heavy atom. The first kappa shape index (κ1) is 22.2. The Hall–Kier alpha value is -3.52. The zero-order chi connectivity index (χ0) is 22.2. The van der Waals surface area contributed by atoms with Crippen LogP contribution in [0.15, 0.2) is 80.5 Å². The zero-order valence-electron chi connectivity index (χ0n) is 17.1. The number of para-hydroxylation sites is 1. The molecule has 3 aromatic carbocycles. The maximum Gasteiger partial charge on any atom is 0.259 e. The van der Waals surface area contributed by atoms with Crippen LogP contribution in [0.4, 0.5) is 17.1 Å². The number of hydrogen-bond donors (Lipinski definition) is 3. The second-order valence-corrected chi connectivity index (χ2v) is 7.75. The van der Waals surface area contributed by atoms with Crippen LogP contribution in [0.2, 0.25) is 0 Å². The van der Waals surface area contributed by atoms with Gasteiger partial charge in [-0.15, -0.1) is 0 Å². The molecule has 0 saturated carbocycles. The van der Waals surface area contributed by atoms with Gasteiger partial charge in [-0.3, -0.25) is 4.79 Å². The predicted molar refractivity (Wildman–Crippen MR) is 127 cm³/mol. The minimum Gasteiger partial charge on any atom is -0.507 e. The van der Waals surface area contributed by atoms with Crippen molar-refractivity contribution in [2.45, 2.75) is 13.8 Å². The number of phenolic OH excluding ortho intramolecular Hbond substituents is 1. The van der Waals surface area contributed by atoms with Crippen molar-refractivity contribution < 1.29 is 9.90 Å². The first-order valence-corrected chi connectivity index (χ1v) is 10.3. The number of nitrogens with zero attached hydrogens (tertiary/aromatic N) is 3. The fourth-order valence-electron chi connectivity index (χ4n) is 2.84. The van der Waals surface area contributed by atoms with Gasteiger partial charge in [0.25, 0.3) is 5.91 Å². The van der Waals surface area contributed by atoms with Crippen LogP contribution in [-0.2, 0) is 4.79 Å². The minimum atomic E-state index is -0.302. The van der Waals surface area contributed by atoms with Gasteiger partial charge in [-0.2, -0.15) is 15.3 Å². The molecule has 0 aliphatic heterocycles. The van der Waals surface area contributed by atoms with Crippen molar-refractivity contribution in [3.8, 4) is 5.75 Å². The van der Waals surface area contributed by atoms with Gasteiger partial charge >= 0.3 is 0 Å². The summed E-state index contributed by atoms with van der Waals surface area (Å²) in [5, 5.41) is 25.4. The number of carbonyl (C=O) groups excluding carboxylic acids is 1. The number of azo groups is 1. The summed E-state index contributed by atoms with van der Waals surface area (Å²) in [6.07, 6.45) is 1.37. The summed E-state index contributed by atoms with van der Waals surface area (Å²) in [5.41, 5.74) is 7.16. The van der Waals surface area contributed by atoms with E-state index in [9.17, 15) is 9.90 Å². The quantitative estimate of drug-likeness (QED) is 0.228. The average molecular weight is 480 g/mol. The number of anilines is 1. The lowest BCUT2D eigenvalue weighted by atomic mass is 10.1. The topological polar surface area (TPSA) is 98.4 Å². The molecule has 3 aromatic rings. The van der Waals surface area contributed by atoms with Crippen LogP contribution < -0.4 is 10.7 Å². The third kappa shape index (κ3) is 6.48. The molecule has 0 bridgehead atoms. The Labute approximate surface area is 189 Å². The maximum absolute atomic E-state index is 12.1. The smallest absolute Gasteiger partial charge is 0.259 e. The molecule has 31 heavy (non-hydrogen) atoms.